The van der Waals surface area contributed by atoms with Gasteiger partial charge in [0, 0.05) is 28.7 Å². The molecular formula is C8H4I2O2. The van der Waals surface area contributed by atoms with Gasteiger partial charge in [-0.1, -0.05) is 0 Å². The van der Waals surface area contributed by atoms with Crippen molar-refractivity contribution in [3.63, 3.8) is 0 Å². The van der Waals surface area contributed by atoms with Gasteiger partial charge in [0.1, 0.15) is 0 Å². The van der Waals surface area contributed by atoms with Crippen LogP contribution < -0.4 is 0 Å². The van der Waals surface area contributed by atoms with Gasteiger partial charge in [-0.05, 0) is 34.7 Å². The van der Waals surface area contributed by atoms with Crippen LogP contribution in [-0.2, 0) is 9.47 Å². The van der Waals surface area contributed by atoms with E-state index in [0.29, 0.717) is 0 Å². The van der Waals surface area contributed by atoms with Crippen LogP contribution in [0.5, 0.6) is 0 Å². The Morgan fingerprint density at radius 2 is 2.00 bits per heavy atom. The van der Waals surface area contributed by atoms with Crippen molar-refractivity contribution in [2.24, 2.45) is 0 Å². The third-order valence-corrected chi connectivity index (χ3v) is 4.04. The number of halogens is 2. The molecule has 0 fully saturated rings. The summed E-state index contributed by atoms with van der Waals surface area (Å²) in [6, 6.07) is 0. The summed E-state index contributed by atoms with van der Waals surface area (Å²) < 4.78 is 12.7. The first-order valence-electron chi connectivity index (χ1n) is 3.26. The lowest BCUT2D eigenvalue weighted by Gasteiger charge is -2.18. The maximum Gasteiger partial charge on any atom is 0.177 e. The smallest absolute Gasteiger partial charge is 0.177 e. The topological polar surface area (TPSA) is 18.5 Å². The molecule has 0 atom stereocenters. The van der Waals surface area contributed by atoms with Gasteiger partial charge in [0.25, 0.3) is 0 Å². The van der Waals surface area contributed by atoms with Crippen molar-refractivity contribution in [2.45, 2.75) is 0 Å². The van der Waals surface area contributed by atoms with Crippen molar-refractivity contribution in [2.75, 3.05) is 0 Å². The highest BCUT2D eigenvalue weighted by Gasteiger charge is 2.18. The Morgan fingerprint density at radius 3 is 2.83 bits per heavy atom. The SMILES string of the molecule is IC1=C(I)OC2=CC=COC2=C1. The molecule has 0 saturated carbocycles. The Labute approximate surface area is 97.3 Å². The first-order chi connectivity index (χ1) is 5.77. The molecule has 0 aromatic rings. The number of rotatable bonds is 0. The highest BCUT2D eigenvalue weighted by molar-refractivity contribution is 14.1. The van der Waals surface area contributed by atoms with E-state index in [4.69, 9.17) is 9.47 Å². The third kappa shape index (κ3) is 1.54. The number of ether oxygens (including phenoxy) is 2. The maximum atomic E-state index is 5.48. The molecule has 0 radical (unpaired) electrons. The summed E-state index contributed by atoms with van der Waals surface area (Å²) in [5, 5.41) is 0. The Morgan fingerprint density at radius 1 is 1.17 bits per heavy atom. The number of fused-ring (bicyclic) bond motifs is 1. The second kappa shape index (κ2) is 3.41. The van der Waals surface area contributed by atoms with E-state index in [9.17, 15) is 0 Å². The van der Waals surface area contributed by atoms with Crippen molar-refractivity contribution in [1.29, 1.82) is 0 Å². The number of hydrogen-bond donors (Lipinski definition) is 0. The molecule has 0 saturated heterocycles. The van der Waals surface area contributed by atoms with E-state index in [1.165, 1.54) is 0 Å². The van der Waals surface area contributed by atoms with Crippen LogP contribution in [0.2, 0.25) is 0 Å². The molecule has 0 amide bonds. The van der Waals surface area contributed by atoms with Crippen LogP contribution in [0.1, 0.15) is 0 Å². The predicted molar refractivity (Wildman–Crippen MR) is 62.5 cm³/mol. The minimum absolute atomic E-state index is 0.780. The molecule has 0 N–H and O–H groups in total. The van der Waals surface area contributed by atoms with Gasteiger partial charge in [-0.15, -0.1) is 0 Å². The molecule has 0 aliphatic carbocycles. The van der Waals surface area contributed by atoms with Gasteiger partial charge in [0.05, 0.1) is 9.84 Å². The second-order valence-electron chi connectivity index (χ2n) is 2.21. The summed E-state index contributed by atoms with van der Waals surface area (Å²) in [6.45, 7) is 0. The summed E-state index contributed by atoms with van der Waals surface area (Å²) in [6.07, 6.45) is 7.30. The zero-order valence-electron chi connectivity index (χ0n) is 5.88. The average Bonchev–Trinajstić information content (AvgIpc) is 2.07. The molecule has 12 heavy (non-hydrogen) atoms. The molecule has 0 spiro atoms. The number of allylic oxidation sites excluding steroid dienone is 4. The molecule has 0 bridgehead atoms. The van der Waals surface area contributed by atoms with Gasteiger partial charge in [-0.2, -0.15) is 0 Å². The lowest BCUT2D eigenvalue weighted by molar-refractivity contribution is 0.260. The lowest BCUT2D eigenvalue weighted by atomic mass is 10.3. The van der Waals surface area contributed by atoms with Gasteiger partial charge in [-0.3, -0.25) is 0 Å². The Balaban J connectivity index is 2.40. The van der Waals surface area contributed by atoms with Crippen LogP contribution in [0, 0.1) is 0 Å². The molecule has 2 aliphatic rings. The fourth-order valence-corrected chi connectivity index (χ4v) is 1.67. The molecule has 0 aromatic heterocycles. The predicted octanol–water partition coefficient (Wildman–Crippen LogP) is 3.37. The van der Waals surface area contributed by atoms with Gasteiger partial charge < -0.3 is 9.47 Å². The molecule has 62 valence electrons. The highest BCUT2D eigenvalue weighted by atomic mass is 127. The quantitative estimate of drug-likeness (QED) is 0.595. The average molecular weight is 386 g/mol. The van der Waals surface area contributed by atoms with E-state index >= 15 is 0 Å². The summed E-state index contributed by atoms with van der Waals surface area (Å²) in [5.74, 6) is 1.56. The molecule has 2 rings (SSSR count). The summed E-state index contributed by atoms with van der Waals surface area (Å²) in [4.78, 5) is 0. The fraction of sp³-hybridized carbons (Fsp3) is 0. The van der Waals surface area contributed by atoms with Crippen LogP contribution in [0.25, 0.3) is 0 Å². The molecular weight excluding hydrogens is 382 g/mol. The molecule has 4 heteroatoms. The zero-order chi connectivity index (χ0) is 8.55. The molecule has 2 heterocycles. The molecule has 2 aliphatic heterocycles. The second-order valence-corrected chi connectivity index (χ2v) is 4.35. The highest BCUT2D eigenvalue weighted by Crippen LogP contribution is 2.34. The van der Waals surface area contributed by atoms with E-state index in [2.05, 4.69) is 45.2 Å². The largest absolute Gasteiger partial charge is 0.461 e. The fourth-order valence-electron chi connectivity index (χ4n) is 0.886. The van der Waals surface area contributed by atoms with Gasteiger partial charge >= 0.3 is 0 Å². The van der Waals surface area contributed by atoms with Gasteiger partial charge in [-0.25, -0.2) is 0 Å². The summed E-state index contributed by atoms with van der Waals surface area (Å²) >= 11 is 4.37. The monoisotopic (exact) mass is 386 g/mol. The minimum atomic E-state index is 0.780. The van der Waals surface area contributed by atoms with Gasteiger partial charge in [0.15, 0.2) is 15.3 Å². The zero-order valence-corrected chi connectivity index (χ0v) is 10.2. The standard InChI is InChI=1S/C8H4I2O2/c9-5-4-7-6(12-8(5)10)2-1-3-11-7/h1-4H. The first-order valence-corrected chi connectivity index (χ1v) is 5.42. The van der Waals surface area contributed by atoms with E-state index in [0.717, 1.165) is 18.9 Å². The van der Waals surface area contributed by atoms with Crippen LogP contribution in [0.15, 0.2) is 43.4 Å². The Kier molecular flexibility index (Phi) is 2.44. The van der Waals surface area contributed by atoms with Crippen molar-refractivity contribution < 1.29 is 9.47 Å². The lowest BCUT2D eigenvalue weighted by Crippen LogP contribution is -2.03. The van der Waals surface area contributed by atoms with Crippen LogP contribution in [0.4, 0.5) is 0 Å². The minimum Gasteiger partial charge on any atom is -0.461 e. The Bertz CT molecular complexity index is 337. The number of hydrogen-bond acceptors (Lipinski definition) is 2. The van der Waals surface area contributed by atoms with E-state index in [1.807, 2.05) is 18.2 Å². The maximum absolute atomic E-state index is 5.48. The van der Waals surface area contributed by atoms with Crippen molar-refractivity contribution in [1.82, 2.24) is 0 Å². The van der Waals surface area contributed by atoms with Crippen LogP contribution in [0.3, 0.4) is 0 Å². The van der Waals surface area contributed by atoms with Crippen molar-refractivity contribution in [3.8, 4) is 0 Å². The summed E-state index contributed by atoms with van der Waals surface area (Å²) in [7, 11) is 0. The van der Waals surface area contributed by atoms with E-state index < -0.39 is 0 Å². The van der Waals surface area contributed by atoms with Crippen LogP contribution >= 0.6 is 45.2 Å². The first kappa shape index (κ1) is 8.61. The normalized spacial score (nSPS) is 20.5. The third-order valence-electron chi connectivity index (χ3n) is 1.41. The van der Waals surface area contributed by atoms with E-state index in [-0.39, 0.29) is 0 Å². The van der Waals surface area contributed by atoms with Crippen LogP contribution in [-0.4, -0.2) is 0 Å². The van der Waals surface area contributed by atoms with Crippen molar-refractivity contribution in [3.05, 3.63) is 43.4 Å². The molecule has 0 unspecified atom stereocenters. The summed E-state index contributed by atoms with van der Waals surface area (Å²) in [5.41, 5.74) is 0. The molecule has 0 aromatic carbocycles. The van der Waals surface area contributed by atoms with Crippen molar-refractivity contribution >= 4 is 45.2 Å². The van der Waals surface area contributed by atoms with E-state index in [1.54, 1.807) is 6.26 Å². The Hall–Kier alpha value is 0.0200. The van der Waals surface area contributed by atoms with Gasteiger partial charge in [0.2, 0.25) is 0 Å². The molecule has 2 nitrogen and oxygen atoms in total.